The van der Waals surface area contributed by atoms with Gasteiger partial charge < -0.3 is 9.47 Å². The lowest BCUT2D eigenvalue weighted by atomic mass is 9.67. The van der Waals surface area contributed by atoms with Crippen LogP contribution in [0.1, 0.15) is 22.3 Å². The summed E-state index contributed by atoms with van der Waals surface area (Å²) >= 11 is 0. The third-order valence-electron chi connectivity index (χ3n) is 14.0. The number of aromatic nitrogens is 1. The van der Waals surface area contributed by atoms with Gasteiger partial charge in [0, 0.05) is 27.7 Å². The van der Waals surface area contributed by atoms with Crippen LogP contribution in [0.15, 0.2) is 267 Å². The molecular formula is C65H44N2. The highest BCUT2D eigenvalue weighted by molar-refractivity contribution is 6.15. The summed E-state index contributed by atoms with van der Waals surface area (Å²) in [6, 6.07) is 98.3. The van der Waals surface area contributed by atoms with Crippen LogP contribution in [-0.4, -0.2) is 4.57 Å². The van der Waals surface area contributed by atoms with Gasteiger partial charge in [-0.05, 0) is 103 Å². The van der Waals surface area contributed by atoms with Gasteiger partial charge in [-0.15, -0.1) is 0 Å². The van der Waals surface area contributed by atoms with Crippen molar-refractivity contribution in [1.82, 2.24) is 4.57 Å². The minimum atomic E-state index is -0.569. The van der Waals surface area contributed by atoms with Gasteiger partial charge in [-0.3, -0.25) is 0 Å². The van der Waals surface area contributed by atoms with Gasteiger partial charge >= 0.3 is 0 Å². The molecule has 67 heavy (non-hydrogen) atoms. The van der Waals surface area contributed by atoms with Gasteiger partial charge in [-0.2, -0.15) is 0 Å². The Hall–Kier alpha value is -8.72. The third-order valence-corrected chi connectivity index (χ3v) is 14.0. The maximum atomic E-state index is 2.54. The molecule has 2 heteroatoms. The minimum Gasteiger partial charge on any atom is -0.308 e. The summed E-state index contributed by atoms with van der Waals surface area (Å²) in [6.45, 7) is 0. The van der Waals surface area contributed by atoms with Crippen LogP contribution >= 0.6 is 0 Å². The second kappa shape index (κ2) is 15.8. The van der Waals surface area contributed by atoms with Crippen molar-refractivity contribution in [2.75, 3.05) is 4.90 Å². The van der Waals surface area contributed by atoms with Crippen molar-refractivity contribution >= 4 is 49.6 Å². The van der Waals surface area contributed by atoms with Crippen molar-refractivity contribution in [3.63, 3.8) is 0 Å². The first-order chi connectivity index (χ1) is 33.3. The van der Waals surface area contributed by atoms with E-state index in [1.54, 1.807) is 0 Å². The summed E-state index contributed by atoms with van der Waals surface area (Å²) in [4.78, 5) is 2.54. The second-order valence-electron chi connectivity index (χ2n) is 17.5. The molecule has 0 N–H and O–H groups in total. The van der Waals surface area contributed by atoms with Gasteiger partial charge in [-0.25, -0.2) is 0 Å². The van der Waals surface area contributed by atoms with Crippen molar-refractivity contribution in [3.05, 3.63) is 289 Å². The van der Waals surface area contributed by atoms with E-state index < -0.39 is 5.41 Å². The number of nitrogens with zero attached hydrogens (tertiary/aromatic N) is 2. The summed E-state index contributed by atoms with van der Waals surface area (Å²) in [5.74, 6) is 0. The lowest BCUT2D eigenvalue weighted by Crippen LogP contribution is -2.28. The average Bonchev–Trinajstić information content (AvgIpc) is 3.91. The normalized spacial score (nSPS) is 12.6. The highest BCUT2D eigenvalue weighted by Gasteiger charge is 2.46. The number of fused-ring (bicyclic) bond motifs is 7. The average molecular weight is 853 g/mol. The minimum absolute atomic E-state index is 0.569. The van der Waals surface area contributed by atoms with Crippen LogP contribution < -0.4 is 4.90 Å². The molecule has 1 aliphatic carbocycles. The Balaban J connectivity index is 1.14. The molecule has 0 unspecified atom stereocenters. The molecule has 0 aliphatic heterocycles. The molecule has 1 heterocycles. The predicted octanol–water partition coefficient (Wildman–Crippen LogP) is 17.1. The van der Waals surface area contributed by atoms with Gasteiger partial charge in [0.1, 0.15) is 0 Å². The summed E-state index contributed by atoms with van der Waals surface area (Å²) in [5, 5.41) is 4.86. The van der Waals surface area contributed by atoms with Gasteiger partial charge in [0.25, 0.3) is 0 Å². The van der Waals surface area contributed by atoms with E-state index in [9.17, 15) is 0 Å². The monoisotopic (exact) mass is 852 g/mol. The first kappa shape index (κ1) is 38.7. The highest BCUT2D eigenvalue weighted by atomic mass is 15.2. The van der Waals surface area contributed by atoms with Crippen molar-refractivity contribution in [2.45, 2.75) is 5.41 Å². The Kier molecular flexibility index (Phi) is 9.11. The maximum Gasteiger partial charge on any atom is 0.0782 e. The molecule has 0 atom stereocenters. The first-order valence-corrected chi connectivity index (χ1v) is 23.2. The molecule has 13 rings (SSSR count). The Morgan fingerprint density at radius 1 is 0.343 bits per heavy atom. The molecule has 0 fully saturated rings. The van der Waals surface area contributed by atoms with E-state index in [4.69, 9.17) is 0 Å². The zero-order chi connectivity index (χ0) is 44.3. The SMILES string of the molecule is c1ccc(-c2cccc3cccc(-c4ccccc4N(c4cccc(C5(c6ccccc6)c6ccccc6-c6ccccc65)c4)c4cccc5c6ccccc6n(-c6ccccc6)c45)c23)cc1. The van der Waals surface area contributed by atoms with E-state index in [1.807, 2.05) is 0 Å². The van der Waals surface area contributed by atoms with E-state index in [1.165, 1.54) is 77.1 Å². The maximum absolute atomic E-state index is 2.54. The Labute approximate surface area is 390 Å². The van der Waals surface area contributed by atoms with Crippen molar-refractivity contribution < 1.29 is 0 Å². The van der Waals surface area contributed by atoms with E-state index in [2.05, 4.69) is 276 Å². The van der Waals surface area contributed by atoms with Crippen molar-refractivity contribution in [1.29, 1.82) is 0 Å². The topological polar surface area (TPSA) is 8.17 Å². The third kappa shape index (κ3) is 5.97. The van der Waals surface area contributed by atoms with Gasteiger partial charge in [0.05, 0.1) is 27.8 Å². The smallest absolute Gasteiger partial charge is 0.0782 e. The highest BCUT2D eigenvalue weighted by Crippen LogP contribution is 2.57. The summed E-state index contributed by atoms with van der Waals surface area (Å²) in [5.41, 5.74) is 18.5. The van der Waals surface area contributed by atoms with Crippen LogP contribution in [0.4, 0.5) is 17.1 Å². The summed E-state index contributed by atoms with van der Waals surface area (Å²) in [6.07, 6.45) is 0. The van der Waals surface area contributed by atoms with Crippen LogP contribution in [0.25, 0.3) is 71.6 Å². The zero-order valence-electron chi connectivity index (χ0n) is 36.8. The molecule has 1 aromatic heterocycles. The lowest BCUT2D eigenvalue weighted by molar-refractivity contribution is 0.768. The molecule has 11 aromatic carbocycles. The van der Waals surface area contributed by atoms with Crippen LogP contribution in [0.3, 0.4) is 0 Å². The Morgan fingerprint density at radius 2 is 0.866 bits per heavy atom. The molecule has 12 aromatic rings. The molecule has 0 spiro atoms. The molecule has 0 amide bonds. The van der Waals surface area contributed by atoms with Crippen molar-refractivity contribution in [2.24, 2.45) is 0 Å². The largest absolute Gasteiger partial charge is 0.308 e. The molecule has 2 nitrogen and oxygen atoms in total. The number of rotatable bonds is 8. The van der Waals surface area contributed by atoms with E-state index in [-0.39, 0.29) is 0 Å². The fourth-order valence-electron chi connectivity index (χ4n) is 11.3. The number of para-hydroxylation sites is 4. The number of hydrogen-bond acceptors (Lipinski definition) is 1. The zero-order valence-corrected chi connectivity index (χ0v) is 36.8. The van der Waals surface area contributed by atoms with Gasteiger partial charge in [0.2, 0.25) is 0 Å². The molecule has 0 radical (unpaired) electrons. The van der Waals surface area contributed by atoms with E-state index in [0.717, 1.165) is 33.8 Å². The predicted molar refractivity (Wildman–Crippen MR) is 281 cm³/mol. The molecule has 314 valence electrons. The molecule has 0 bridgehead atoms. The number of hydrogen-bond donors (Lipinski definition) is 0. The Morgan fingerprint density at radius 3 is 1.61 bits per heavy atom. The quantitative estimate of drug-likeness (QED) is 0.148. The standard InChI is InChI=1S/C65H44N2/c1-4-22-45(23-5-1)51-36-18-24-46-25-19-37-56(63(46)51)54-34-12-16-41-60(54)66(62-43-21-38-57-55-35-13-17-42-61(55)67(64(57)62)49-29-8-3-9-30-49)50-31-20-28-48(44-50)65(47-26-6-2-7-27-47)58-39-14-10-32-52(58)53-33-11-15-40-59(53)65/h1-44H. The lowest BCUT2D eigenvalue weighted by Gasteiger charge is -2.35. The number of benzene rings is 11. The summed E-state index contributed by atoms with van der Waals surface area (Å²) in [7, 11) is 0. The first-order valence-electron chi connectivity index (χ1n) is 23.2. The Bertz CT molecular complexity index is 3760. The van der Waals surface area contributed by atoms with Crippen LogP contribution in [0.5, 0.6) is 0 Å². The van der Waals surface area contributed by atoms with E-state index >= 15 is 0 Å². The van der Waals surface area contributed by atoms with Crippen LogP contribution in [0, 0.1) is 0 Å². The van der Waals surface area contributed by atoms with Gasteiger partial charge in [-0.1, -0.05) is 224 Å². The second-order valence-corrected chi connectivity index (χ2v) is 17.5. The molecule has 1 aliphatic rings. The molecular weight excluding hydrogens is 809 g/mol. The van der Waals surface area contributed by atoms with Crippen molar-refractivity contribution in [3.8, 4) is 39.1 Å². The van der Waals surface area contributed by atoms with Gasteiger partial charge in [0.15, 0.2) is 0 Å². The number of anilines is 3. The fourth-order valence-corrected chi connectivity index (χ4v) is 11.3. The summed E-state index contributed by atoms with van der Waals surface area (Å²) < 4.78 is 2.46. The fraction of sp³-hybridized carbons (Fsp3) is 0.0154. The molecule has 0 saturated carbocycles. The molecule has 0 saturated heterocycles. The van der Waals surface area contributed by atoms with Crippen LogP contribution in [-0.2, 0) is 5.41 Å². The van der Waals surface area contributed by atoms with E-state index in [0.29, 0.717) is 0 Å². The van der Waals surface area contributed by atoms with Crippen LogP contribution in [0.2, 0.25) is 0 Å².